The lowest BCUT2D eigenvalue weighted by Crippen LogP contribution is -2.20. The average molecular weight is 127 g/mol. The Kier molecular flexibility index (Phi) is 0.739. The van der Waals surface area contributed by atoms with Crippen LogP contribution in [0.1, 0.15) is 25.7 Å². The van der Waals surface area contributed by atoms with Crippen LogP contribution in [-0.2, 0) is 0 Å². The molecular formula is C6H9NO2. The standard InChI is InChI=1S/C6H9NO2/c8-7(9)5-4-6(5)2-1-3-6/h5H,1-4H2. The summed E-state index contributed by atoms with van der Waals surface area (Å²) in [7, 11) is 0. The van der Waals surface area contributed by atoms with Crippen LogP contribution >= 0.6 is 0 Å². The summed E-state index contributed by atoms with van der Waals surface area (Å²) in [6, 6.07) is -0.161. The summed E-state index contributed by atoms with van der Waals surface area (Å²) in [5, 5.41) is 10.2. The molecule has 0 aromatic rings. The van der Waals surface area contributed by atoms with Gasteiger partial charge in [-0.2, -0.15) is 0 Å². The van der Waals surface area contributed by atoms with Crippen molar-refractivity contribution in [2.45, 2.75) is 31.7 Å². The minimum atomic E-state index is -0.161. The molecule has 3 heteroatoms. The molecule has 0 aromatic carbocycles. The molecule has 0 aliphatic heterocycles. The summed E-state index contributed by atoms with van der Waals surface area (Å²) < 4.78 is 0. The zero-order valence-corrected chi connectivity index (χ0v) is 5.17. The summed E-state index contributed by atoms with van der Waals surface area (Å²) in [6.45, 7) is 0. The van der Waals surface area contributed by atoms with Crippen LogP contribution in [0.4, 0.5) is 0 Å². The first-order valence-corrected chi connectivity index (χ1v) is 3.38. The van der Waals surface area contributed by atoms with Crippen LogP contribution in [0.2, 0.25) is 0 Å². The Hall–Kier alpha value is -0.600. The van der Waals surface area contributed by atoms with Crippen molar-refractivity contribution < 1.29 is 4.92 Å². The fourth-order valence-corrected chi connectivity index (χ4v) is 1.79. The molecule has 2 aliphatic carbocycles. The van der Waals surface area contributed by atoms with E-state index in [2.05, 4.69) is 0 Å². The Bertz CT molecular complexity index is 162. The number of nitrogens with zero attached hydrogens (tertiary/aromatic N) is 1. The average Bonchev–Trinajstić information content (AvgIpc) is 2.34. The molecule has 0 saturated heterocycles. The number of hydrogen-bond donors (Lipinski definition) is 0. The number of rotatable bonds is 1. The van der Waals surface area contributed by atoms with Gasteiger partial charge < -0.3 is 0 Å². The first-order valence-electron chi connectivity index (χ1n) is 3.38. The molecule has 2 fully saturated rings. The van der Waals surface area contributed by atoms with Crippen LogP contribution in [0.3, 0.4) is 0 Å². The van der Waals surface area contributed by atoms with Crippen LogP contribution in [-0.4, -0.2) is 11.0 Å². The van der Waals surface area contributed by atoms with E-state index in [0.717, 1.165) is 19.3 Å². The molecule has 2 aliphatic rings. The van der Waals surface area contributed by atoms with Gasteiger partial charge in [0.15, 0.2) is 0 Å². The third-order valence-electron chi connectivity index (χ3n) is 2.75. The second kappa shape index (κ2) is 1.28. The van der Waals surface area contributed by atoms with Gasteiger partial charge in [-0.1, -0.05) is 6.42 Å². The van der Waals surface area contributed by atoms with Crippen molar-refractivity contribution in [1.29, 1.82) is 0 Å². The molecule has 0 N–H and O–H groups in total. The summed E-state index contributed by atoms with van der Waals surface area (Å²) in [4.78, 5) is 10.1. The maximum atomic E-state index is 10.2. The van der Waals surface area contributed by atoms with Gasteiger partial charge in [0, 0.05) is 16.8 Å². The van der Waals surface area contributed by atoms with E-state index in [-0.39, 0.29) is 16.4 Å². The first kappa shape index (κ1) is 5.21. The van der Waals surface area contributed by atoms with Crippen LogP contribution in [0, 0.1) is 15.5 Å². The summed E-state index contributed by atoms with van der Waals surface area (Å²) in [6.07, 6.45) is 4.29. The Morgan fingerprint density at radius 2 is 2.22 bits per heavy atom. The highest BCUT2D eigenvalue weighted by atomic mass is 16.6. The number of hydrogen-bond acceptors (Lipinski definition) is 2. The largest absolute Gasteiger partial charge is 0.264 e. The van der Waals surface area contributed by atoms with Gasteiger partial charge in [0.2, 0.25) is 6.04 Å². The van der Waals surface area contributed by atoms with Crippen LogP contribution in [0.15, 0.2) is 0 Å². The van der Waals surface area contributed by atoms with Crippen molar-refractivity contribution >= 4 is 0 Å². The van der Waals surface area contributed by atoms with Crippen molar-refractivity contribution in [3.63, 3.8) is 0 Å². The van der Waals surface area contributed by atoms with Gasteiger partial charge in [0.1, 0.15) is 0 Å². The first-order chi connectivity index (χ1) is 4.25. The van der Waals surface area contributed by atoms with E-state index in [4.69, 9.17) is 0 Å². The summed E-state index contributed by atoms with van der Waals surface area (Å²) >= 11 is 0. The Morgan fingerprint density at radius 1 is 1.56 bits per heavy atom. The zero-order chi connectivity index (χ0) is 6.48. The lowest BCUT2D eigenvalue weighted by molar-refractivity contribution is -0.504. The van der Waals surface area contributed by atoms with Crippen LogP contribution < -0.4 is 0 Å². The van der Waals surface area contributed by atoms with Gasteiger partial charge in [0.25, 0.3) is 0 Å². The van der Waals surface area contributed by atoms with Gasteiger partial charge >= 0.3 is 0 Å². The third-order valence-corrected chi connectivity index (χ3v) is 2.75. The molecule has 0 bridgehead atoms. The second-order valence-corrected chi connectivity index (χ2v) is 3.22. The van der Waals surface area contributed by atoms with Crippen molar-refractivity contribution in [2.75, 3.05) is 0 Å². The molecule has 1 atom stereocenters. The number of nitro groups is 1. The van der Waals surface area contributed by atoms with Gasteiger partial charge in [-0.3, -0.25) is 10.1 Å². The maximum Gasteiger partial charge on any atom is 0.219 e. The van der Waals surface area contributed by atoms with E-state index in [1.807, 2.05) is 0 Å². The van der Waals surface area contributed by atoms with Crippen molar-refractivity contribution in [3.05, 3.63) is 10.1 Å². The molecule has 9 heavy (non-hydrogen) atoms. The molecule has 0 amide bonds. The van der Waals surface area contributed by atoms with E-state index in [0.29, 0.717) is 0 Å². The molecule has 3 nitrogen and oxygen atoms in total. The van der Waals surface area contributed by atoms with Gasteiger partial charge in [-0.05, 0) is 12.8 Å². The lowest BCUT2D eigenvalue weighted by Gasteiger charge is -2.22. The predicted octanol–water partition coefficient (Wildman–Crippen LogP) is 1.21. The van der Waals surface area contributed by atoms with Crippen molar-refractivity contribution in [2.24, 2.45) is 5.41 Å². The molecular weight excluding hydrogens is 118 g/mol. The topological polar surface area (TPSA) is 43.1 Å². The van der Waals surface area contributed by atoms with Crippen LogP contribution in [0.25, 0.3) is 0 Å². The van der Waals surface area contributed by atoms with Crippen LogP contribution in [0.5, 0.6) is 0 Å². The van der Waals surface area contributed by atoms with Crippen molar-refractivity contribution in [1.82, 2.24) is 0 Å². The molecule has 0 radical (unpaired) electrons. The van der Waals surface area contributed by atoms with E-state index >= 15 is 0 Å². The monoisotopic (exact) mass is 127 g/mol. The van der Waals surface area contributed by atoms with Gasteiger partial charge in [-0.15, -0.1) is 0 Å². The van der Waals surface area contributed by atoms with E-state index in [1.54, 1.807) is 0 Å². The fraction of sp³-hybridized carbons (Fsp3) is 1.00. The van der Waals surface area contributed by atoms with E-state index in [9.17, 15) is 10.1 Å². The third kappa shape index (κ3) is 0.519. The SMILES string of the molecule is O=[N+]([O-])C1CC12CCC2. The summed E-state index contributed by atoms with van der Waals surface area (Å²) in [5.41, 5.74) is 0.212. The highest BCUT2D eigenvalue weighted by Gasteiger charge is 2.66. The Morgan fingerprint density at radius 3 is 2.33 bits per heavy atom. The molecule has 1 spiro atoms. The molecule has 0 heterocycles. The molecule has 0 aromatic heterocycles. The van der Waals surface area contributed by atoms with E-state index < -0.39 is 0 Å². The highest BCUT2D eigenvalue weighted by molar-refractivity contribution is 5.08. The normalized spacial score (nSPS) is 35.8. The lowest BCUT2D eigenvalue weighted by atomic mass is 9.81. The predicted molar refractivity (Wildman–Crippen MR) is 31.7 cm³/mol. The van der Waals surface area contributed by atoms with Gasteiger partial charge in [-0.25, -0.2) is 0 Å². The minimum Gasteiger partial charge on any atom is -0.264 e. The van der Waals surface area contributed by atoms with E-state index in [1.165, 1.54) is 6.42 Å². The zero-order valence-electron chi connectivity index (χ0n) is 5.17. The summed E-state index contributed by atoms with van der Waals surface area (Å²) in [5.74, 6) is 0. The second-order valence-electron chi connectivity index (χ2n) is 3.22. The minimum absolute atomic E-state index is 0.112. The molecule has 2 rings (SSSR count). The molecule has 2 saturated carbocycles. The van der Waals surface area contributed by atoms with Gasteiger partial charge in [0.05, 0.1) is 0 Å². The maximum absolute atomic E-state index is 10.2. The van der Waals surface area contributed by atoms with Crippen molar-refractivity contribution in [3.8, 4) is 0 Å². The molecule has 1 unspecified atom stereocenters. The Labute approximate surface area is 53.2 Å². The fourth-order valence-electron chi connectivity index (χ4n) is 1.79. The Balaban J connectivity index is 2.01. The quantitative estimate of drug-likeness (QED) is 0.392. The smallest absolute Gasteiger partial charge is 0.219 e. The molecule has 50 valence electrons. The highest BCUT2D eigenvalue weighted by Crippen LogP contribution is 2.61.